The van der Waals surface area contributed by atoms with E-state index in [9.17, 15) is 9.59 Å². The number of esters is 2. The Hall–Kier alpha value is -4.04. The average molecular weight is 611 g/mol. The molecular weight excluding hydrogens is 560 g/mol. The van der Waals surface area contributed by atoms with E-state index in [1.54, 1.807) is 48.5 Å². The van der Waals surface area contributed by atoms with Gasteiger partial charge >= 0.3 is 11.9 Å². The number of benzene rings is 3. The van der Waals surface area contributed by atoms with Crippen LogP contribution in [0.4, 0.5) is 0 Å². The van der Waals surface area contributed by atoms with Gasteiger partial charge in [0, 0.05) is 11.1 Å². The van der Waals surface area contributed by atoms with Crippen LogP contribution in [0.25, 0.3) is 0 Å². The van der Waals surface area contributed by atoms with Gasteiger partial charge in [0.15, 0.2) is 0 Å². The summed E-state index contributed by atoms with van der Waals surface area (Å²) in [6, 6.07) is 21.3. The number of carbonyl (C=O) groups is 2. The third-order valence-corrected chi connectivity index (χ3v) is 7.67. The zero-order valence-electron chi connectivity index (χ0n) is 27.4. The Labute approximate surface area is 270 Å². The first-order valence-corrected chi connectivity index (χ1v) is 16.9. The normalized spacial score (nSPS) is 11.3. The van der Waals surface area contributed by atoms with E-state index in [0.29, 0.717) is 16.9 Å². The summed E-state index contributed by atoms with van der Waals surface area (Å²) in [5.41, 5.74) is 2.54. The van der Waals surface area contributed by atoms with Crippen molar-refractivity contribution in [3.8, 4) is 23.3 Å². The predicted octanol–water partition coefficient (Wildman–Crippen LogP) is 10.3. The second kappa shape index (κ2) is 20.8. The Kier molecular flexibility index (Phi) is 16.4. The molecule has 0 fully saturated rings. The molecular formula is C40H50O5. The first-order chi connectivity index (χ1) is 22.0. The van der Waals surface area contributed by atoms with E-state index in [1.165, 1.54) is 57.8 Å². The summed E-state index contributed by atoms with van der Waals surface area (Å²) in [5.74, 6) is 6.68. The lowest BCUT2D eigenvalue weighted by atomic mass is 10.1. The standard InChI is InChI=1S/C40H50O5/c1-4-6-8-10-11-12-13-15-31-43-37-27-21-34(22-28-37)18-17-33-19-23-35(24-20-33)40(42)45-38-29-25-36(26-30-38)39(41)44-32(3)16-14-9-7-5-2/h19-30,32H,4-16,31H2,1-3H3/t32-/m1/s1. The van der Waals surface area contributed by atoms with Gasteiger partial charge in [-0.05, 0) is 99.0 Å². The van der Waals surface area contributed by atoms with Gasteiger partial charge in [0.05, 0.1) is 23.8 Å². The van der Waals surface area contributed by atoms with E-state index in [2.05, 4.69) is 25.7 Å². The predicted molar refractivity (Wildman–Crippen MR) is 182 cm³/mol. The highest BCUT2D eigenvalue weighted by Gasteiger charge is 2.13. The molecule has 0 aliphatic rings. The molecule has 0 radical (unpaired) electrons. The second-order valence-electron chi connectivity index (χ2n) is 11.7. The molecule has 0 aromatic heterocycles. The summed E-state index contributed by atoms with van der Waals surface area (Å²) in [7, 11) is 0. The van der Waals surface area contributed by atoms with Crippen LogP contribution in [0.5, 0.6) is 11.5 Å². The van der Waals surface area contributed by atoms with Gasteiger partial charge in [-0.3, -0.25) is 0 Å². The van der Waals surface area contributed by atoms with Crippen LogP contribution >= 0.6 is 0 Å². The van der Waals surface area contributed by atoms with E-state index in [1.807, 2.05) is 31.2 Å². The van der Waals surface area contributed by atoms with Crippen molar-refractivity contribution in [2.24, 2.45) is 0 Å². The van der Waals surface area contributed by atoms with Crippen LogP contribution in [0.2, 0.25) is 0 Å². The van der Waals surface area contributed by atoms with Gasteiger partial charge in [0.25, 0.3) is 0 Å². The zero-order chi connectivity index (χ0) is 32.1. The third-order valence-electron chi connectivity index (χ3n) is 7.67. The summed E-state index contributed by atoms with van der Waals surface area (Å²) in [6.45, 7) is 7.09. The van der Waals surface area contributed by atoms with Gasteiger partial charge in [-0.25, -0.2) is 9.59 Å². The van der Waals surface area contributed by atoms with Crippen LogP contribution in [0, 0.1) is 11.8 Å². The molecule has 5 nitrogen and oxygen atoms in total. The fraction of sp³-hybridized carbons (Fsp3) is 0.450. The second-order valence-corrected chi connectivity index (χ2v) is 11.7. The van der Waals surface area contributed by atoms with Crippen LogP contribution in [0.3, 0.4) is 0 Å². The first-order valence-electron chi connectivity index (χ1n) is 16.9. The minimum absolute atomic E-state index is 0.131. The fourth-order valence-electron chi connectivity index (χ4n) is 4.89. The van der Waals surface area contributed by atoms with Gasteiger partial charge in [0.2, 0.25) is 0 Å². The molecule has 0 aliphatic carbocycles. The van der Waals surface area contributed by atoms with Gasteiger partial charge in [-0.2, -0.15) is 0 Å². The third kappa shape index (κ3) is 14.1. The highest BCUT2D eigenvalue weighted by molar-refractivity contribution is 5.92. The Balaban J connectivity index is 1.39. The van der Waals surface area contributed by atoms with Crippen LogP contribution in [-0.4, -0.2) is 24.6 Å². The van der Waals surface area contributed by atoms with Crippen molar-refractivity contribution >= 4 is 11.9 Å². The topological polar surface area (TPSA) is 61.8 Å². The average Bonchev–Trinajstić information content (AvgIpc) is 3.06. The van der Waals surface area contributed by atoms with Gasteiger partial charge in [-0.15, -0.1) is 0 Å². The van der Waals surface area contributed by atoms with Crippen molar-refractivity contribution in [1.82, 2.24) is 0 Å². The van der Waals surface area contributed by atoms with Crippen LogP contribution < -0.4 is 9.47 Å². The monoisotopic (exact) mass is 610 g/mol. The molecule has 0 amide bonds. The molecule has 3 aromatic rings. The molecule has 45 heavy (non-hydrogen) atoms. The zero-order valence-corrected chi connectivity index (χ0v) is 27.4. The minimum atomic E-state index is -0.479. The number of rotatable bonds is 19. The summed E-state index contributed by atoms with van der Waals surface area (Å²) in [6.07, 6.45) is 15.6. The molecule has 0 spiro atoms. The Morgan fingerprint density at radius 2 is 1.04 bits per heavy atom. The Morgan fingerprint density at radius 3 is 1.64 bits per heavy atom. The number of ether oxygens (including phenoxy) is 3. The van der Waals surface area contributed by atoms with Crippen molar-refractivity contribution in [3.63, 3.8) is 0 Å². The van der Waals surface area contributed by atoms with Crippen molar-refractivity contribution < 1.29 is 23.8 Å². The van der Waals surface area contributed by atoms with Gasteiger partial charge < -0.3 is 14.2 Å². The summed E-state index contributed by atoms with van der Waals surface area (Å²) < 4.78 is 16.9. The fourth-order valence-corrected chi connectivity index (χ4v) is 4.89. The lowest BCUT2D eigenvalue weighted by Gasteiger charge is -2.13. The van der Waals surface area contributed by atoms with Crippen molar-refractivity contribution in [3.05, 3.63) is 95.1 Å². The van der Waals surface area contributed by atoms with Crippen LogP contribution in [0.1, 0.15) is 136 Å². The maximum atomic E-state index is 12.7. The maximum absolute atomic E-state index is 12.7. The quantitative estimate of drug-likeness (QED) is 0.0585. The van der Waals surface area contributed by atoms with Gasteiger partial charge in [0.1, 0.15) is 11.5 Å². The summed E-state index contributed by atoms with van der Waals surface area (Å²) in [4.78, 5) is 25.1. The molecule has 0 bridgehead atoms. The number of carbonyl (C=O) groups excluding carboxylic acids is 2. The Morgan fingerprint density at radius 1 is 0.578 bits per heavy atom. The molecule has 3 rings (SSSR count). The highest BCUT2D eigenvalue weighted by Crippen LogP contribution is 2.18. The largest absolute Gasteiger partial charge is 0.494 e. The Bertz CT molecular complexity index is 1330. The SMILES string of the molecule is CCCCCCCCCCOc1ccc(C#Cc2ccc(C(=O)Oc3ccc(C(=O)O[C@H](C)CCCCCC)cc3)cc2)cc1. The van der Waals surface area contributed by atoms with E-state index >= 15 is 0 Å². The molecule has 0 aliphatic heterocycles. The summed E-state index contributed by atoms with van der Waals surface area (Å²) >= 11 is 0. The molecule has 0 heterocycles. The highest BCUT2D eigenvalue weighted by atomic mass is 16.5. The van der Waals surface area contributed by atoms with Crippen molar-refractivity contribution in [1.29, 1.82) is 0 Å². The van der Waals surface area contributed by atoms with Gasteiger partial charge in [-0.1, -0.05) is 89.9 Å². The lowest BCUT2D eigenvalue weighted by Crippen LogP contribution is -2.15. The van der Waals surface area contributed by atoms with Crippen molar-refractivity contribution in [2.45, 2.75) is 110 Å². The number of hydrogen-bond acceptors (Lipinski definition) is 5. The van der Waals surface area contributed by atoms with E-state index < -0.39 is 5.97 Å². The van der Waals surface area contributed by atoms with Crippen LogP contribution in [-0.2, 0) is 4.74 Å². The first kappa shape index (κ1) is 35.4. The van der Waals surface area contributed by atoms with E-state index in [-0.39, 0.29) is 12.1 Å². The summed E-state index contributed by atoms with van der Waals surface area (Å²) in [5, 5.41) is 0. The smallest absolute Gasteiger partial charge is 0.343 e. The molecule has 240 valence electrons. The molecule has 3 aromatic carbocycles. The molecule has 0 unspecified atom stereocenters. The molecule has 0 N–H and O–H groups in total. The maximum Gasteiger partial charge on any atom is 0.343 e. The molecule has 5 heteroatoms. The lowest BCUT2D eigenvalue weighted by molar-refractivity contribution is 0.0319. The van der Waals surface area contributed by atoms with Crippen molar-refractivity contribution in [2.75, 3.05) is 6.61 Å². The number of hydrogen-bond donors (Lipinski definition) is 0. The van der Waals surface area contributed by atoms with E-state index in [4.69, 9.17) is 14.2 Å². The molecule has 0 saturated heterocycles. The van der Waals surface area contributed by atoms with Crippen LogP contribution in [0.15, 0.2) is 72.8 Å². The molecule has 0 saturated carbocycles. The van der Waals surface area contributed by atoms with E-state index in [0.717, 1.165) is 49.2 Å². The number of unbranched alkanes of at least 4 members (excludes halogenated alkanes) is 10. The molecule has 1 atom stereocenters. The minimum Gasteiger partial charge on any atom is -0.494 e.